The second-order valence-electron chi connectivity index (χ2n) is 8.07. The summed E-state index contributed by atoms with van der Waals surface area (Å²) in [5.41, 5.74) is 1.45. The molecule has 33 heavy (non-hydrogen) atoms. The van der Waals surface area contributed by atoms with E-state index < -0.39 is 23.7 Å². The van der Waals surface area contributed by atoms with Crippen LogP contribution in [0.5, 0.6) is 11.5 Å². The number of carbonyl (C=O) groups excluding carboxylic acids is 2. The van der Waals surface area contributed by atoms with Crippen molar-refractivity contribution in [1.29, 1.82) is 0 Å². The summed E-state index contributed by atoms with van der Waals surface area (Å²) in [6.07, 6.45) is -3.86. The molecule has 0 saturated carbocycles. The van der Waals surface area contributed by atoms with E-state index in [1.165, 1.54) is 11.0 Å². The molecule has 2 aromatic carbocycles. The lowest BCUT2D eigenvalue weighted by Gasteiger charge is -2.37. The van der Waals surface area contributed by atoms with Crippen molar-refractivity contribution in [3.63, 3.8) is 0 Å². The van der Waals surface area contributed by atoms with E-state index >= 15 is 0 Å². The second kappa shape index (κ2) is 8.58. The van der Waals surface area contributed by atoms with Crippen molar-refractivity contribution in [1.82, 2.24) is 4.90 Å². The number of halogens is 3. The lowest BCUT2D eigenvalue weighted by atomic mass is 9.97. The molecule has 2 amide bonds. The number of benzene rings is 2. The fourth-order valence-electron chi connectivity index (χ4n) is 4.28. The number of nitrogens with zero attached hydrogens (tertiary/aromatic N) is 2. The summed E-state index contributed by atoms with van der Waals surface area (Å²) >= 11 is 0. The van der Waals surface area contributed by atoms with Crippen molar-refractivity contribution in [2.24, 2.45) is 0 Å². The smallest absolute Gasteiger partial charge is 0.416 e. The van der Waals surface area contributed by atoms with E-state index in [0.717, 1.165) is 23.3 Å². The van der Waals surface area contributed by atoms with Crippen molar-refractivity contribution < 1.29 is 32.2 Å². The highest BCUT2D eigenvalue weighted by molar-refractivity contribution is 6.11. The summed E-state index contributed by atoms with van der Waals surface area (Å²) in [5, 5.41) is 2.44. The largest absolute Gasteiger partial charge is 0.493 e. The second-order valence-corrected chi connectivity index (χ2v) is 8.07. The molecule has 2 aliphatic rings. The number of amides is 2. The number of methoxy groups -OCH3 is 2. The molecule has 1 atom stereocenters. The standard InChI is InChI=1S/C23H24F3N3O4/c1-13(28-7-6-14-8-19(32-2)20(33-3)9-15(14)11-28)22(31)29-12-21(30)27-17-10-16(23(24,25)26)4-5-18(17)29/h4-5,8-10,13H,6-7,11-12H2,1-3H3,(H,27,30)/t13-/m1/s1. The van der Waals surface area contributed by atoms with Gasteiger partial charge in [-0.3, -0.25) is 19.4 Å². The van der Waals surface area contributed by atoms with Gasteiger partial charge in [-0.1, -0.05) is 0 Å². The highest BCUT2D eigenvalue weighted by Gasteiger charge is 2.36. The minimum Gasteiger partial charge on any atom is -0.493 e. The minimum atomic E-state index is -4.55. The summed E-state index contributed by atoms with van der Waals surface area (Å²) in [6, 6.07) is 6.23. The lowest BCUT2D eigenvalue weighted by molar-refractivity contribution is -0.137. The molecule has 10 heteroatoms. The van der Waals surface area contributed by atoms with Gasteiger partial charge in [0.2, 0.25) is 11.8 Å². The molecule has 2 aliphatic heterocycles. The third-order valence-corrected chi connectivity index (χ3v) is 6.11. The van der Waals surface area contributed by atoms with E-state index in [9.17, 15) is 22.8 Å². The first-order valence-corrected chi connectivity index (χ1v) is 10.4. The van der Waals surface area contributed by atoms with Gasteiger partial charge in [0, 0.05) is 13.1 Å². The zero-order chi connectivity index (χ0) is 23.9. The first-order chi connectivity index (χ1) is 15.6. The number of alkyl halides is 3. The molecule has 0 aromatic heterocycles. The van der Waals surface area contributed by atoms with Crippen LogP contribution in [0.3, 0.4) is 0 Å². The van der Waals surface area contributed by atoms with Crippen molar-refractivity contribution in [3.05, 3.63) is 47.0 Å². The van der Waals surface area contributed by atoms with Crippen LogP contribution < -0.4 is 19.7 Å². The number of rotatable bonds is 4. The SMILES string of the molecule is COc1cc2c(cc1OC)CN([C@H](C)C(=O)N1CC(=O)Nc3cc(C(F)(F)F)ccc31)CC2. The molecule has 0 radical (unpaired) electrons. The molecule has 0 bridgehead atoms. The molecular formula is C23H24F3N3O4. The van der Waals surface area contributed by atoms with Gasteiger partial charge >= 0.3 is 6.18 Å². The normalized spacial score (nSPS) is 17.0. The Hall–Kier alpha value is -3.27. The van der Waals surface area contributed by atoms with Crippen molar-refractivity contribution >= 4 is 23.2 Å². The predicted octanol–water partition coefficient (Wildman–Crippen LogP) is 3.45. The minimum absolute atomic E-state index is 0.0255. The van der Waals surface area contributed by atoms with E-state index in [1.54, 1.807) is 21.1 Å². The first kappa shape index (κ1) is 22.9. The molecule has 0 fully saturated rings. The Kier molecular flexibility index (Phi) is 5.96. The number of ether oxygens (including phenoxy) is 2. The van der Waals surface area contributed by atoms with Crippen LogP contribution in [0.4, 0.5) is 24.5 Å². The quantitative estimate of drug-likeness (QED) is 0.752. The molecule has 0 unspecified atom stereocenters. The molecule has 0 saturated heterocycles. The number of carbonyl (C=O) groups is 2. The topological polar surface area (TPSA) is 71.1 Å². The van der Waals surface area contributed by atoms with Gasteiger partial charge in [0.1, 0.15) is 6.54 Å². The van der Waals surface area contributed by atoms with E-state index in [4.69, 9.17) is 9.47 Å². The van der Waals surface area contributed by atoms with Crippen LogP contribution >= 0.6 is 0 Å². The Balaban J connectivity index is 1.57. The average molecular weight is 463 g/mol. The third-order valence-electron chi connectivity index (χ3n) is 6.11. The molecule has 4 rings (SSSR count). The Bertz CT molecular complexity index is 1100. The van der Waals surface area contributed by atoms with E-state index in [1.807, 2.05) is 17.0 Å². The van der Waals surface area contributed by atoms with Crippen molar-refractivity contribution in [3.8, 4) is 11.5 Å². The Morgan fingerprint density at radius 1 is 1.06 bits per heavy atom. The van der Waals surface area contributed by atoms with Gasteiger partial charge in [-0.05, 0) is 54.8 Å². The van der Waals surface area contributed by atoms with Crippen LogP contribution in [-0.2, 0) is 28.7 Å². The predicted molar refractivity (Wildman–Crippen MR) is 116 cm³/mol. The maximum atomic E-state index is 13.4. The van der Waals surface area contributed by atoms with Crippen LogP contribution in [-0.4, -0.2) is 50.1 Å². The molecular weight excluding hydrogens is 439 g/mol. The van der Waals surface area contributed by atoms with Gasteiger partial charge in [0.15, 0.2) is 11.5 Å². The summed E-state index contributed by atoms with van der Waals surface area (Å²) in [7, 11) is 3.13. The Morgan fingerprint density at radius 3 is 2.36 bits per heavy atom. The first-order valence-electron chi connectivity index (χ1n) is 10.4. The monoisotopic (exact) mass is 463 g/mol. The van der Waals surface area contributed by atoms with Crippen molar-refractivity contribution in [2.45, 2.75) is 32.1 Å². The maximum absolute atomic E-state index is 13.4. The molecule has 2 heterocycles. The summed E-state index contributed by atoms with van der Waals surface area (Å²) in [4.78, 5) is 28.8. The molecule has 7 nitrogen and oxygen atoms in total. The van der Waals surface area contributed by atoms with Crippen LogP contribution in [0.1, 0.15) is 23.6 Å². The van der Waals surface area contributed by atoms with Crippen LogP contribution in [0, 0.1) is 0 Å². The Labute approximate surface area is 189 Å². The van der Waals surface area contributed by atoms with Crippen molar-refractivity contribution in [2.75, 3.05) is 37.5 Å². The van der Waals surface area contributed by atoms with Gasteiger partial charge in [-0.2, -0.15) is 13.2 Å². The fourth-order valence-corrected chi connectivity index (χ4v) is 4.28. The maximum Gasteiger partial charge on any atom is 0.416 e. The zero-order valence-electron chi connectivity index (χ0n) is 18.5. The van der Waals surface area contributed by atoms with Gasteiger partial charge in [-0.15, -0.1) is 0 Å². The van der Waals surface area contributed by atoms with E-state index in [0.29, 0.717) is 31.0 Å². The molecule has 0 aliphatic carbocycles. The zero-order valence-corrected chi connectivity index (χ0v) is 18.5. The highest BCUT2D eigenvalue weighted by atomic mass is 19.4. The summed E-state index contributed by atoms with van der Waals surface area (Å²) in [6.45, 7) is 2.58. The number of anilines is 2. The van der Waals surface area contributed by atoms with Gasteiger partial charge in [-0.25, -0.2) is 0 Å². The van der Waals surface area contributed by atoms with Crippen LogP contribution in [0.2, 0.25) is 0 Å². The number of nitrogens with one attached hydrogen (secondary N) is 1. The number of hydrogen-bond acceptors (Lipinski definition) is 5. The number of hydrogen-bond donors (Lipinski definition) is 1. The molecule has 176 valence electrons. The van der Waals surface area contributed by atoms with Crippen LogP contribution in [0.25, 0.3) is 0 Å². The molecule has 0 spiro atoms. The van der Waals surface area contributed by atoms with Gasteiger partial charge < -0.3 is 14.8 Å². The third kappa shape index (κ3) is 4.35. The van der Waals surface area contributed by atoms with Gasteiger partial charge in [0.05, 0.1) is 37.2 Å². The summed E-state index contributed by atoms with van der Waals surface area (Å²) < 4.78 is 50.0. The fraction of sp³-hybridized carbons (Fsp3) is 0.391. The molecule has 2 aromatic rings. The van der Waals surface area contributed by atoms with Gasteiger partial charge in [0.25, 0.3) is 0 Å². The summed E-state index contributed by atoms with van der Waals surface area (Å²) in [5.74, 6) is 0.347. The lowest BCUT2D eigenvalue weighted by Crippen LogP contribution is -2.52. The van der Waals surface area contributed by atoms with Crippen LogP contribution in [0.15, 0.2) is 30.3 Å². The van der Waals surface area contributed by atoms with E-state index in [2.05, 4.69) is 5.32 Å². The number of fused-ring (bicyclic) bond motifs is 2. The molecule has 1 N–H and O–H groups in total. The average Bonchev–Trinajstić information content (AvgIpc) is 2.80. The van der Waals surface area contributed by atoms with E-state index in [-0.39, 0.29) is 23.8 Å². The Morgan fingerprint density at radius 2 is 1.73 bits per heavy atom. The highest BCUT2D eigenvalue weighted by Crippen LogP contribution is 2.38.